The van der Waals surface area contributed by atoms with Gasteiger partial charge in [-0.05, 0) is 46.5 Å². The van der Waals surface area contributed by atoms with Crippen LogP contribution in [0.1, 0.15) is 54.4 Å². The molecule has 1 aliphatic heterocycles. The second-order valence-corrected chi connectivity index (χ2v) is 8.68. The first-order valence-corrected chi connectivity index (χ1v) is 8.81. The minimum absolute atomic E-state index is 0.0577. The SMILES string of the molecule is COC(=O)N[C@H](C(=O)OCC12CC1N(C(C)(C)C)[C@H](C)C2)C(C)C. The summed E-state index contributed by atoms with van der Waals surface area (Å²) in [4.78, 5) is 26.4. The van der Waals surface area contributed by atoms with Gasteiger partial charge in [0, 0.05) is 23.0 Å². The lowest BCUT2D eigenvalue weighted by Crippen LogP contribution is -2.46. The van der Waals surface area contributed by atoms with Crippen molar-refractivity contribution in [3.05, 3.63) is 0 Å². The zero-order chi connectivity index (χ0) is 18.3. The van der Waals surface area contributed by atoms with Crippen molar-refractivity contribution in [1.82, 2.24) is 10.2 Å². The van der Waals surface area contributed by atoms with Gasteiger partial charge in [-0.3, -0.25) is 4.90 Å². The lowest BCUT2D eigenvalue weighted by Gasteiger charge is -2.37. The van der Waals surface area contributed by atoms with Crippen LogP contribution in [-0.2, 0) is 14.3 Å². The summed E-state index contributed by atoms with van der Waals surface area (Å²) in [6.07, 6.45) is 1.53. The molecule has 0 aromatic rings. The van der Waals surface area contributed by atoms with Crippen molar-refractivity contribution in [1.29, 1.82) is 0 Å². The van der Waals surface area contributed by atoms with Crippen LogP contribution in [0, 0.1) is 11.3 Å². The van der Waals surface area contributed by atoms with E-state index in [1.807, 2.05) is 13.8 Å². The Bertz CT molecular complexity index is 500. The van der Waals surface area contributed by atoms with Crippen LogP contribution < -0.4 is 5.32 Å². The van der Waals surface area contributed by atoms with E-state index in [0.29, 0.717) is 18.7 Å². The molecule has 2 rings (SSSR count). The van der Waals surface area contributed by atoms with Crippen molar-refractivity contribution >= 4 is 12.1 Å². The van der Waals surface area contributed by atoms with Gasteiger partial charge in [0.05, 0.1) is 13.7 Å². The molecule has 6 heteroatoms. The fourth-order valence-corrected chi connectivity index (χ4v) is 4.26. The number of fused-ring (bicyclic) bond motifs is 1. The molecule has 0 spiro atoms. The number of alkyl carbamates (subject to hydrolysis) is 1. The number of piperidine rings is 1. The Labute approximate surface area is 145 Å². The molecule has 6 nitrogen and oxygen atoms in total. The summed E-state index contributed by atoms with van der Waals surface area (Å²) in [5.74, 6) is -0.435. The van der Waals surface area contributed by atoms with E-state index in [4.69, 9.17) is 4.74 Å². The zero-order valence-corrected chi connectivity index (χ0v) is 16.0. The molecule has 0 bridgehead atoms. The van der Waals surface area contributed by atoms with E-state index in [1.54, 1.807) is 0 Å². The summed E-state index contributed by atoms with van der Waals surface area (Å²) in [6, 6.07) is 0.312. The normalized spacial score (nSPS) is 30.7. The van der Waals surface area contributed by atoms with E-state index in [-0.39, 0.29) is 22.8 Å². The van der Waals surface area contributed by atoms with Gasteiger partial charge in [0.25, 0.3) is 0 Å². The Kier molecular flexibility index (Phi) is 5.19. The smallest absolute Gasteiger partial charge is 0.407 e. The molecule has 1 saturated heterocycles. The summed E-state index contributed by atoms with van der Waals surface area (Å²) in [5.41, 5.74) is 0.217. The van der Waals surface area contributed by atoms with Crippen LogP contribution in [0.25, 0.3) is 0 Å². The fourth-order valence-electron chi connectivity index (χ4n) is 4.26. The van der Waals surface area contributed by atoms with Crippen LogP contribution in [0.15, 0.2) is 0 Å². The molecule has 138 valence electrons. The Morgan fingerprint density at radius 3 is 2.38 bits per heavy atom. The van der Waals surface area contributed by atoms with Gasteiger partial charge in [0.15, 0.2) is 0 Å². The third-order valence-corrected chi connectivity index (χ3v) is 5.32. The topological polar surface area (TPSA) is 67.9 Å². The predicted octanol–water partition coefficient (Wildman–Crippen LogP) is 2.56. The quantitative estimate of drug-likeness (QED) is 0.779. The highest BCUT2D eigenvalue weighted by Crippen LogP contribution is 2.61. The number of nitrogens with one attached hydrogen (secondary N) is 1. The van der Waals surface area contributed by atoms with Crippen molar-refractivity contribution in [2.75, 3.05) is 13.7 Å². The van der Waals surface area contributed by atoms with Crippen LogP contribution in [0.3, 0.4) is 0 Å². The van der Waals surface area contributed by atoms with E-state index >= 15 is 0 Å². The first-order valence-electron chi connectivity index (χ1n) is 8.81. The minimum Gasteiger partial charge on any atom is -0.463 e. The van der Waals surface area contributed by atoms with Gasteiger partial charge in [0.2, 0.25) is 0 Å². The summed E-state index contributed by atoms with van der Waals surface area (Å²) in [6.45, 7) is 13.1. The molecule has 1 heterocycles. The van der Waals surface area contributed by atoms with Crippen LogP contribution in [0.4, 0.5) is 4.79 Å². The molecular weight excluding hydrogens is 308 g/mol. The molecule has 2 aliphatic rings. The van der Waals surface area contributed by atoms with E-state index in [9.17, 15) is 9.59 Å². The third kappa shape index (κ3) is 3.68. The number of hydrogen-bond donors (Lipinski definition) is 1. The highest BCUT2D eigenvalue weighted by Gasteiger charge is 2.65. The third-order valence-electron chi connectivity index (χ3n) is 5.32. The molecular formula is C18H32N2O4. The number of carbonyl (C=O) groups is 2. The fraction of sp³-hybridized carbons (Fsp3) is 0.889. The summed E-state index contributed by atoms with van der Waals surface area (Å²) in [5, 5.41) is 2.56. The van der Waals surface area contributed by atoms with Gasteiger partial charge >= 0.3 is 12.1 Å². The second-order valence-electron chi connectivity index (χ2n) is 8.68. The van der Waals surface area contributed by atoms with Crippen LogP contribution >= 0.6 is 0 Å². The van der Waals surface area contributed by atoms with E-state index in [1.165, 1.54) is 7.11 Å². The average Bonchev–Trinajstić information content (AvgIpc) is 3.05. The van der Waals surface area contributed by atoms with Crippen molar-refractivity contribution in [3.63, 3.8) is 0 Å². The largest absolute Gasteiger partial charge is 0.463 e. The van der Waals surface area contributed by atoms with Gasteiger partial charge < -0.3 is 14.8 Å². The van der Waals surface area contributed by atoms with Crippen molar-refractivity contribution in [2.24, 2.45) is 11.3 Å². The number of hydrogen-bond acceptors (Lipinski definition) is 5. The summed E-state index contributed by atoms with van der Waals surface area (Å²) >= 11 is 0. The number of likely N-dealkylation sites (tertiary alicyclic amines) is 1. The Hall–Kier alpha value is -1.30. The molecule has 4 atom stereocenters. The maximum Gasteiger partial charge on any atom is 0.407 e. The number of rotatable bonds is 5. The molecule has 24 heavy (non-hydrogen) atoms. The van der Waals surface area contributed by atoms with Gasteiger partial charge in [-0.25, -0.2) is 9.59 Å². The Balaban J connectivity index is 1.94. The number of esters is 1. The Morgan fingerprint density at radius 1 is 1.29 bits per heavy atom. The average molecular weight is 340 g/mol. The molecule has 0 aromatic carbocycles. The number of nitrogens with zero attached hydrogens (tertiary/aromatic N) is 1. The monoisotopic (exact) mass is 340 g/mol. The second kappa shape index (κ2) is 6.54. The molecule has 2 unspecified atom stereocenters. The predicted molar refractivity (Wildman–Crippen MR) is 91.6 cm³/mol. The van der Waals surface area contributed by atoms with Crippen LogP contribution in [0.5, 0.6) is 0 Å². The summed E-state index contributed by atoms with van der Waals surface area (Å²) in [7, 11) is 1.28. The van der Waals surface area contributed by atoms with Crippen molar-refractivity contribution < 1.29 is 19.1 Å². The number of amides is 1. The highest BCUT2D eigenvalue weighted by molar-refractivity contribution is 5.81. The van der Waals surface area contributed by atoms with Gasteiger partial charge in [-0.15, -0.1) is 0 Å². The zero-order valence-electron chi connectivity index (χ0n) is 16.0. The number of methoxy groups -OCH3 is 1. The molecule has 2 fully saturated rings. The lowest BCUT2D eigenvalue weighted by atomic mass is 10.00. The summed E-state index contributed by atoms with van der Waals surface area (Å²) < 4.78 is 10.2. The van der Waals surface area contributed by atoms with Crippen LogP contribution in [-0.4, -0.2) is 54.3 Å². The molecule has 1 N–H and O–H groups in total. The molecule has 1 aliphatic carbocycles. The molecule has 1 amide bonds. The molecule has 1 saturated carbocycles. The van der Waals surface area contributed by atoms with Gasteiger partial charge in [-0.1, -0.05) is 13.8 Å². The van der Waals surface area contributed by atoms with Crippen LogP contribution in [0.2, 0.25) is 0 Å². The Morgan fingerprint density at radius 2 is 1.92 bits per heavy atom. The van der Waals surface area contributed by atoms with Crippen molar-refractivity contribution in [3.8, 4) is 0 Å². The standard InChI is InChI=1S/C18H32N2O4/c1-11(2)14(19-16(22)23-7)15(21)24-10-18-8-12(3)20(13(18)9-18)17(4,5)6/h11-14H,8-10H2,1-7H3,(H,19,22)/t12-,13?,14+,18?/m1/s1. The van der Waals surface area contributed by atoms with E-state index in [0.717, 1.165) is 12.8 Å². The maximum absolute atomic E-state index is 12.4. The number of ether oxygens (including phenoxy) is 2. The first-order chi connectivity index (χ1) is 11.0. The lowest BCUT2D eigenvalue weighted by molar-refractivity contribution is -0.149. The highest BCUT2D eigenvalue weighted by atomic mass is 16.5. The molecule has 0 radical (unpaired) electrons. The number of carbonyl (C=O) groups excluding carboxylic acids is 2. The maximum atomic E-state index is 12.4. The van der Waals surface area contributed by atoms with Gasteiger partial charge in [-0.2, -0.15) is 0 Å². The molecule has 0 aromatic heterocycles. The van der Waals surface area contributed by atoms with Gasteiger partial charge in [0.1, 0.15) is 6.04 Å². The van der Waals surface area contributed by atoms with Crippen molar-refractivity contribution in [2.45, 2.75) is 78.0 Å². The first kappa shape index (κ1) is 19.0. The van der Waals surface area contributed by atoms with E-state index < -0.39 is 12.1 Å². The van der Waals surface area contributed by atoms with E-state index in [2.05, 4.69) is 42.6 Å². The minimum atomic E-state index is -0.677.